The van der Waals surface area contributed by atoms with Gasteiger partial charge in [0.15, 0.2) is 0 Å². The number of para-hydroxylation sites is 1. The fourth-order valence-corrected chi connectivity index (χ4v) is 8.98. The monoisotopic (exact) mass is 618 g/mol. The molecule has 7 aromatic carbocycles. The molecule has 9 aromatic rings. The van der Waals surface area contributed by atoms with Crippen LogP contribution in [0.1, 0.15) is 22.7 Å². The quantitative estimate of drug-likeness (QED) is 0.186. The normalized spacial score (nSPS) is 14.2. The molecule has 2 nitrogen and oxygen atoms in total. The zero-order chi connectivity index (χ0) is 30.9. The van der Waals surface area contributed by atoms with Crippen LogP contribution in [-0.4, -0.2) is 4.57 Å². The number of anilines is 1. The van der Waals surface area contributed by atoms with Gasteiger partial charge in [-0.2, -0.15) is 0 Å². The Labute approximate surface area is 277 Å². The summed E-state index contributed by atoms with van der Waals surface area (Å²) in [6, 6.07) is 60.4. The SMILES string of the molecule is c1ccc(-c2ccc3c(c2)c2ccc4c5ccccc5sc4c2n3-c2cccc(CN3c4ccccc4C3c3ccccc3)c2)cc1. The molecule has 3 heteroatoms. The Hall–Kier alpha value is -5.64. The standard InChI is InChI=1S/C44H30N2S/c1-3-13-30(14-4-1)32-22-25-40-38(27-32)35-23-24-36-34-18-8-10-21-41(34)47-44(36)43(35)46(40)33-17-11-12-29(26-33)28-45-39-20-9-7-19-37(39)42(45)31-15-5-2-6-16-31/h1-27,42H,28H2. The summed E-state index contributed by atoms with van der Waals surface area (Å²) in [6.07, 6.45) is 0. The molecule has 222 valence electrons. The van der Waals surface area contributed by atoms with Gasteiger partial charge in [0, 0.05) is 49.7 Å². The van der Waals surface area contributed by atoms with Crippen molar-refractivity contribution >= 4 is 59.0 Å². The molecule has 47 heavy (non-hydrogen) atoms. The average molecular weight is 619 g/mol. The first-order chi connectivity index (χ1) is 23.3. The Balaban J connectivity index is 1.17. The van der Waals surface area contributed by atoms with Crippen molar-refractivity contribution < 1.29 is 0 Å². The zero-order valence-corrected chi connectivity index (χ0v) is 26.5. The van der Waals surface area contributed by atoms with Crippen LogP contribution in [0, 0.1) is 0 Å². The van der Waals surface area contributed by atoms with Gasteiger partial charge < -0.3 is 9.47 Å². The summed E-state index contributed by atoms with van der Waals surface area (Å²) in [4.78, 5) is 2.55. The van der Waals surface area contributed by atoms with Crippen molar-refractivity contribution in [1.82, 2.24) is 4.57 Å². The number of nitrogens with zero attached hydrogens (tertiary/aromatic N) is 2. The third-order valence-electron chi connectivity index (χ3n) is 9.87. The number of fused-ring (bicyclic) bond motifs is 8. The van der Waals surface area contributed by atoms with Gasteiger partial charge in [0.1, 0.15) is 0 Å². The molecular weight excluding hydrogens is 589 g/mol. The van der Waals surface area contributed by atoms with E-state index < -0.39 is 0 Å². The van der Waals surface area contributed by atoms with Gasteiger partial charge in [-0.3, -0.25) is 0 Å². The highest BCUT2D eigenvalue weighted by Gasteiger charge is 2.35. The van der Waals surface area contributed by atoms with Crippen LogP contribution in [0.5, 0.6) is 0 Å². The van der Waals surface area contributed by atoms with E-state index in [0.717, 1.165) is 6.54 Å². The molecule has 0 saturated heterocycles. The summed E-state index contributed by atoms with van der Waals surface area (Å²) < 4.78 is 5.18. The molecule has 0 N–H and O–H groups in total. The van der Waals surface area contributed by atoms with E-state index in [-0.39, 0.29) is 6.04 Å². The predicted octanol–water partition coefficient (Wildman–Crippen LogP) is 11.9. The van der Waals surface area contributed by atoms with Gasteiger partial charge >= 0.3 is 0 Å². The minimum atomic E-state index is 0.263. The van der Waals surface area contributed by atoms with Crippen LogP contribution in [-0.2, 0) is 6.54 Å². The number of hydrogen-bond donors (Lipinski definition) is 0. The van der Waals surface area contributed by atoms with E-state index in [4.69, 9.17) is 0 Å². The molecule has 1 aliphatic rings. The van der Waals surface area contributed by atoms with E-state index in [0.29, 0.717) is 0 Å². The topological polar surface area (TPSA) is 8.17 Å². The summed E-state index contributed by atoms with van der Waals surface area (Å²) in [7, 11) is 0. The van der Waals surface area contributed by atoms with E-state index in [2.05, 4.69) is 173 Å². The van der Waals surface area contributed by atoms with Crippen molar-refractivity contribution in [2.75, 3.05) is 4.90 Å². The Morgan fingerprint density at radius 2 is 1.30 bits per heavy atom. The van der Waals surface area contributed by atoms with E-state index >= 15 is 0 Å². The van der Waals surface area contributed by atoms with Gasteiger partial charge in [0.05, 0.1) is 21.8 Å². The first-order valence-corrected chi connectivity index (χ1v) is 17.1. The lowest BCUT2D eigenvalue weighted by Crippen LogP contribution is -2.38. The van der Waals surface area contributed by atoms with Gasteiger partial charge in [0.25, 0.3) is 0 Å². The van der Waals surface area contributed by atoms with Crippen LogP contribution in [0.25, 0.3) is 58.8 Å². The highest BCUT2D eigenvalue weighted by molar-refractivity contribution is 7.26. The third-order valence-corrected chi connectivity index (χ3v) is 11.1. The Kier molecular flexibility index (Phi) is 5.91. The van der Waals surface area contributed by atoms with Crippen LogP contribution < -0.4 is 4.90 Å². The molecule has 0 saturated carbocycles. The minimum Gasteiger partial charge on any atom is -0.356 e. The van der Waals surface area contributed by atoms with E-state index in [1.807, 2.05) is 11.3 Å². The first kappa shape index (κ1) is 26.6. The highest BCUT2D eigenvalue weighted by atomic mass is 32.1. The second-order valence-corrected chi connectivity index (χ2v) is 13.6. The Morgan fingerprint density at radius 3 is 2.19 bits per heavy atom. The van der Waals surface area contributed by atoms with Crippen molar-refractivity contribution in [2.24, 2.45) is 0 Å². The lowest BCUT2D eigenvalue weighted by molar-refractivity contribution is 0.640. The largest absolute Gasteiger partial charge is 0.356 e. The third kappa shape index (κ3) is 4.10. The molecule has 0 bridgehead atoms. The van der Waals surface area contributed by atoms with Crippen LogP contribution in [0.3, 0.4) is 0 Å². The molecule has 1 atom stereocenters. The van der Waals surface area contributed by atoms with Crippen molar-refractivity contribution in [3.8, 4) is 16.8 Å². The average Bonchev–Trinajstić information content (AvgIpc) is 3.67. The lowest BCUT2D eigenvalue weighted by Gasteiger charge is -2.45. The van der Waals surface area contributed by atoms with Gasteiger partial charge in [-0.25, -0.2) is 0 Å². The molecule has 10 rings (SSSR count). The summed E-state index contributed by atoms with van der Waals surface area (Å²) in [5, 5.41) is 5.23. The zero-order valence-electron chi connectivity index (χ0n) is 25.7. The molecule has 1 unspecified atom stereocenters. The van der Waals surface area contributed by atoms with Crippen LogP contribution in [0.15, 0.2) is 164 Å². The van der Waals surface area contributed by atoms with Gasteiger partial charge in [0.2, 0.25) is 0 Å². The maximum absolute atomic E-state index is 2.55. The summed E-state index contributed by atoms with van der Waals surface area (Å²) in [5.74, 6) is 0. The van der Waals surface area contributed by atoms with Crippen LogP contribution in [0.4, 0.5) is 5.69 Å². The number of benzene rings is 7. The lowest BCUT2D eigenvalue weighted by atomic mass is 9.87. The van der Waals surface area contributed by atoms with Crippen LogP contribution in [0.2, 0.25) is 0 Å². The minimum absolute atomic E-state index is 0.263. The van der Waals surface area contributed by atoms with Gasteiger partial charge in [-0.05, 0) is 58.7 Å². The molecule has 1 aliphatic heterocycles. The Morgan fingerprint density at radius 1 is 0.532 bits per heavy atom. The van der Waals surface area contributed by atoms with Crippen LogP contribution >= 0.6 is 11.3 Å². The van der Waals surface area contributed by atoms with Crippen molar-refractivity contribution in [2.45, 2.75) is 12.6 Å². The molecule has 0 spiro atoms. The summed E-state index contributed by atoms with van der Waals surface area (Å²) in [6.45, 7) is 0.845. The van der Waals surface area contributed by atoms with Crippen molar-refractivity contribution in [3.63, 3.8) is 0 Å². The molecule has 0 amide bonds. The molecule has 0 aliphatic carbocycles. The van der Waals surface area contributed by atoms with E-state index in [9.17, 15) is 0 Å². The predicted molar refractivity (Wildman–Crippen MR) is 200 cm³/mol. The molecule has 2 aromatic heterocycles. The van der Waals surface area contributed by atoms with Gasteiger partial charge in [-0.15, -0.1) is 11.3 Å². The summed E-state index contributed by atoms with van der Waals surface area (Å²) in [5.41, 5.74) is 11.6. The maximum Gasteiger partial charge on any atom is 0.0819 e. The first-order valence-electron chi connectivity index (χ1n) is 16.3. The summed E-state index contributed by atoms with van der Waals surface area (Å²) >= 11 is 1.90. The molecule has 0 fully saturated rings. The molecule has 0 radical (unpaired) electrons. The number of aromatic nitrogens is 1. The second-order valence-electron chi connectivity index (χ2n) is 12.5. The highest BCUT2D eigenvalue weighted by Crippen LogP contribution is 2.48. The number of rotatable bonds is 5. The van der Waals surface area contributed by atoms with E-state index in [1.165, 1.54) is 81.2 Å². The molecular formula is C44H30N2S. The molecule has 3 heterocycles. The fraction of sp³-hybridized carbons (Fsp3) is 0.0455. The fourth-order valence-electron chi connectivity index (χ4n) is 7.74. The van der Waals surface area contributed by atoms with Crippen molar-refractivity contribution in [1.29, 1.82) is 0 Å². The number of thiophene rings is 1. The smallest absolute Gasteiger partial charge is 0.0819 e. The van der Waals surface area contributed by atoms with Crippen molar-refractivity contribution in [3.05, 3.63) is 180 Å². The van der Waals surface area contributed by atoms with E-state index in [1.54, 1.807) is 0 Å². The maximum atomic E-state index is 2.55. The van der Waals surface area contributed by atoms with Gasteiger partial charge in [-0.1, -0.05) is 127 Å². The number of hydrogen-bond acceptors (Lipinski definition) is 2. The Bertz CT molecular complexity index is 2610. The second kappa shape index (κ2) is 10.4.